The third-order valence-corrected chi connectivity index (χ3v) is 2.95. The minimum Gasteiger partial charge on any atom is -0.390 e. The standard InChI is InChI=1S/C17H26O3/c1-3-5-6-7-10-13-16(19)17(20)14-11-8-9-12-15(18)4-2/h4,15-20H,2-3,5-7,10,13-14H2,1H3/t15-,16+,17+/m0/s1. The summed E-state index contributed by atoms with van der Waals surface area (Å²) >= 11 is 0. The van der Waals surface area contributed by atoms with Crippen LogP contribution in [0.25, 0.3) is 0 Å². The van der Waals surface area contributed by atoms with Crippen molar-refractivity contribution < 1.29 is 15.3 Å². The molecule has 0 rings (SSSR count). The maximum atomic E-state index is 9.75. The molecule has 0 amide bonds. The molecule has 0 aliphatic heterocycles. The quantitative estimate of drug-likeness (QED) is 0.343. The van der Waals surface area contributed by atoms with Crippen LogP contribution in [-0.4, -0.2) is 33.6 Å². The molecule has 0 saturated carbocycles. The normalized spacial score (nSPS) is 14.2. The molecule has 3 heteroatoms. The molecule has 0 aromatic carbocycles. The molecule has 0 aliphatic carbocycles. The average Bonchev–Trinajstić information content (AvgIpc) is 2.45. The van der Waals surface area contributed by atoms with E-state index in [9.17, 15) is 10.2 Å². The first-order valence-corrected chi connectivity index (χ1v) is 7.27. The van der Waals surface area contributed by atoms with Gasteiger partial charge in [-0.1, -0.05) is 63.5 Å². The minimum absolute atomic E-state index is 0.189. The van der Waals surface area contributed by atoms with Gasteiger partial charge in [0, 0.05) is 6.42 Å². The fraction of sp³-hybridized carbons (Fsp3) is 0.647. The number of aliphatic hydroxyl groups excluding tert-OH is 3. The van der Waals surface area contributed by atoms with Crippen molar-refractivity contribution in [2.24, 2.45) is 0 Å². The van der Waals surface area contributed by atoms with Crippen LogP contribution in [-0.2, 0) is 0 Å². The van der Waals surface area contributed by atoms with Gasteiger partial charge in [-0.15, -0.1) is 0 Å². The summed E-state index contributed by atoms with van der Waals surface area (Å²) in [6.07, 6.45) is 5.29. The summed E-state index contributed by atoms with van der Waals surface area (Å²) in [7, 11) is 0. The molecule has 3 atom stereocenters. The van der Waals surface area contributed by atoms with Gasteiger partial charge in [0.05, 0.1) is 12.2 Å². The number of unbranched alkanes of at least 4 members (excludes halogenated alkanes) is 4. The van der Waals surface area contributed by atoms with Gasteiger partial charge in [0.1, 0.15) is 6.10 Å². The molecule has 0 bridgehead atoms. The first-order valence-electron chi connectivity index (χ1n) is 7.27. The van der Waals surface area contributed by atoms with Gasteiger partial charge in [-0.25, -0.2) is 0 Å². The molecule has 0 radical (unpaired) electrons. The van der Waals surface area contributed by atoms with E-state index in [1.807, 2.05) is 0 Å². The summed E-state index contributed by atoms with van der Waals surface area (Å²) in [4.78, 5) is 0. The van der Waals surface area contributed by atoms with Gasteiger partial charge in [-0.2, -0.15) is 0 Å². The largest absolute Gasteiger partial charge is 0.390 e. The van der Waals surface area contributed by atoms with E-state index in [2.05, 4.69) is 37.2 Å². The molecule has 0 aromatic heterocycles. The zero-order chi connectivity index (χ0) is 15.2. The molecule has 0 spiro atoms. The van der Waals surface area contributed by atoms with Gasteiger partial charge < -0.3 is 15.3 Å². The Morgan fingerprint density at radius 3 is 2.35 bits per heavy atom. The summed E-state index contributed by atoms with van der Waals surface area (Å²) in [5, 5.41) is 28.5. The number of rotatable bonds is 9. The monoisotopic (exact) mass is 278 g/mol. The minimum atomic E-state index is -0.872. The van der Waals surface area contributed by atoms with Gasteiger partial charge in [0.15, 0.2) is 0 Å². The highest BCUT2D eigenvalue weighted by molar-refractivity contribution is 5.28. The predicted octanol–water partition coefficient (Wildman–Crippen LogP) is 2.01. The Labute approximate surface area is 122 Å². The van der Waals surface area contributed by atoms with Crippen LogP contribution < -0.4 is 0 Å². The molecule has 0 saturated heterocycles. The molecule has 0 aromatic rings. The maximum absolute atomic E-state index is 9.75. The number of hydrogen-bond donors (Lipinski definition) is 3. The second-order valence-corrected chi connectivity index (χ2v) is 4.79. The van der Waals surface area contributed by atoms with E-state index in [4.69, 9.17) is 5.11 Å². The summed E-state index contributed by atoms with van der Waals surface area (Å²) in [5.74, 6) is 10.1. The Bertz CT molecular complexity index is 367. The topological polar surface area (TPSA) is 60.7 Å². The summed E-state index contributed by atoms with van der Waals surface area (Å²) in [5.41, 5.74) is 0. The highest BCUT2D eigenvalue weighted by Crippen LogP contribution is 2.10. The lowest BCUT2D eigenvalue weighted by Gasteiger charge is -2.15. The second-order valence-electron chi connectivity index (χ2n) is 4.79. The Morgan fingerprint density at radius 1 is 1.00 bits per heavy atom. The Hall–Kier alpha value is -1.26. The van der Waals surface area contributed by atoms with Gasteiger partial charge in [0.2, 0.25) is 0 Å². The van der Waals surface area contributed by atoms with E-state index in [0.717, 1.165) is 12.8 Å². The zero-order valence-corrected chi connectivity index (χ0v) is 12.3. The Kier molecular flexibility index (Phi) is 12.0. The van der Waals surface area contributed by atoms with Gasteiger partial charge in [0.25, 0.3) is 0 Å². The smallest absolute Gasteiger partial charge is 0.134 e. The third-order valence-electron chi connectivity index (χ3n) is 2.95. The molecule has 0 aliphatic rings. The number of aliphatic hydroxyl groups is 3. The van der Waals surface area contributed by atoms with E-state index in [-0.39, 0.29) is 6.42 Å². The lowest BCUT2D eigenvalue weighted by molar-refractivity contribution is 0.0165. The summed E-state index contributed by atoms with van der Waals surface area (Å²) < 4.78 is 0. The van der Waals surface area contributed by atoms with Crippen LogP contribution in [0, 0.1) is 23.7 Å². The lowest BCUT2D eigenvalue weighted by Crippen LogP contribution is -2.25. The Balaban J connectivity index is 3.84. The van der Waals surface area contributed by atoms with Crippen LogP contribution in [0.15, 0.2) is 12.7 Å². The van der Waals surface area contributed by atoms with E-state index in [0.29, 0.717) is 6.42 Å². The first kappa shape index (κ1) is 18.7. The fourth-order valence-corrected chi connectivity index (χ4v) is 1.65. The molecule has 20 heavy (non-hydrogen) atoms. The molecular weight excluding hydrogens is 252 g/mol. The highest BCUT2D eigenvalue weighted by atomic mass is 16.3. The van der Waals surface area contributed by atoms with E-state index < -0.39 is 18.3 Å². The van der Waals surface area contributed by atoms with Crippen molar-refractivity contribution in [3.05, 3.63) is 12.7 Å². The van der Waals surface area contributed by atoms with Crippen LogP contribution in [0.3, 0.4) is 0 Å². The van der Waals surface area contributed by atoms with Crippen molar-refractivity contribution in [3.8, 4) is 23.7 Å². The lowest BCUT2D eigenvalue weighted by atomic mass is 10.0. The highest BCUT2D eigenvalue weighted by Gasteiger charge is 2.14. The van der Waals surface area contributed by atoms with Crippen LogP contribution in [0.4, 0.5) is 0 Å². The molecule has 0 fully saturated rings. The van der Waals surface area contributed by atoms with Crippen LogP contribution in [0.2, 0.25) is 0 Å². The van der Waals surface area contributed by atoms with Gasteiger partial charge >= 0.3 is 0 Å². The molecule has 112 valence electrons. The third kappa shape index (κ3) is 10.6. The molecule has 0 heterocycles. The Morgan fingerprint density at radius 2 is 1.70 bits per heavy atom. The van der Waals surface area contributed by atoms with E-state index in [1.54, 1.807) is 0 Å². The van der Waals surface area contributed by atoms with Crippen molar-refractivity contribution >= 4 is 0 Å². The number of hydrogen-bond acceptors (Lipinski definition) is 3. The van der Waals surface area contributed by atoms with Crippen molar-refractivity contribution in [1.29, 1.82) is 0 Å². The van der Waals surface area contributed by atoms with Crippen molar-refractivity contribution in [2.45, 2.75) is 70.2 Å². The average molecular weight is 278 g/mol. The predicted molar refractivity (Wildman–Crippen MR) is 81.8 cm³/mol. The van der Waals surface area contributed by atoms with Gasteiger partial charge in [-0.05, 0) is 18.3 Å². The summed E-state index contributed by atoms with van der Waals surface area (Å²) in [6.45, 7) is 5.55. The first-order chi connectivity index (χ1) is 9.61. The molecule has 3 nitrogen and oxygen atoms in total. The van der Waals surface area contributed by atoms with Crippen molar-refractivity contribution in [1.82, 2.24) is 0 Å². The SMILES string of the molecule is C=C[C@H](O)C#CC#CC[C@@H](O)[C@H](O)CCCCCCC. The summed E-state index contributed by atoms with van der Waals surface area (Å²) in [6, 6.07) is 0. The van der Waals surface area contributed by atoms with E-state index in [1.165, 1.54) is 25.3 Å². The zero-order valence-electron chi connectivity index (χ0n) is 12.3. The van der Waals surface area contributed by atoms with Crippen LogP contribution in [0.5, 0.6) is 0 Å². The second kappa shape index (κ2) is 12.8. The maximum Gasteiger partial charge on any atom is 0.134 e. The van der Waals surface area contributed by atoms with Crippen molar-refractivity contribution in [2.75, 3.05) is 0 Å². The van der Waals surface area contributed by atoms with Crippen molar-refractivity contribution in [3.63, 3.8) is 0 Å². The fourth-order valence-electron chi connectivity index (χ4n) is 1.65. The van der Waals surface area contributed by atoms with Gasteiger partial charge in [-0.3, -0.25) is 0 Å². The molecular formula is C17H26O3. The molecule has 0 unspecified atom stereocenters. The molecule has 3 N–H and O–H groups in total. The van der Waals surface area contributed by atoms with E-state index >= 15 is 0 Å². The van der Waals surface area contributed by atoms with Crippen LogP contribution >= 0.6 is 0 Å². The van der Waals surface area contributed by atoms with Crippen LogP contribution in [0.1, 0.15) is 51.9 Å².